The van der Waals surface area contributed by atoms with Gasteiger partial charge in [0.2, 0.25) is 17.2 Å². The molecule has 4 aromatic carbocycles. The number of esters is 2. The van der Waals surface area contributed by atoms with E-state index >= 15 is 0 Å². The Morgan fingerprint density at radius 2 is 0.833 bits per heavy atom. The van der Waals surface area contributed by atoms with Crippen LogP contribution in [-0.2, 0) is 44.7 Å². The van der Waals surface area contributed by atoms with E-state index in [0.717, 1.165) is 71.5 Å². The second kappa shape index (κ2) is 24.6. The summed E-state index contributed by atoms with van der Waals surface area (Å²) in [5, 5.41) is 0. The number of likely N-dealkylation sites (N-methyl/N-ethyl adjacent to an activating group) is 2. The Morgan fingerprint density at radius 1 is 0.458 bits per heavy atom. The lowest BCUT2D eigenvalue weighted by molar-refractivity contribution is -0.941. The molecule has 0 saturated carbocycles. The number of fused-ring (bicyclic) bond motifs is 2. The molecule has 2 aliphatic rings. The summed E-state index contributed by atoms with van der Waals surface area (Å²) >= 11 is 0. The van der Waals surface area contributed by atoms with Gasteiger partial charge in [0.15, 0.2) is 46.0 Å². The predicted octanol–water partition coefficient (Wildman–Crippen LogP) is 7.48. The third-order valence-corrected chi connectivity index (χ3v) is 14.4. The molecule has 17 heteroatoms. The Labute approximate surface area is 424 Å². The van der Waals surface area contributed by atoms with Crippen LogP contribution in [0.4, 0.5) is 0 Å². The first kappa shape index (κ1) is 54.6. The van der Waals surface area contributed by atoms with Gasteiger partial charge < -0.3 is 70.5 Å². The van der Waals surface area contributed by atoms with Crippen molar-refractivity contribution in [2.45, 2.75) is 50.6 Å². The van der Waals surface area contributed by atoms with E-state index in [-0.39, 0.29) is 25.3 Å². The highest BCUT2D eigenvalue weighted by atomic mass is 16.6. The van der Waals surface area contributed by atoms with Crippen molar-refractivity contribution in [3.63, 3.8) is 0 Å². The molecular weight excluding hydrogens is 929 g/mol. The quantitative estimate of drug-likeness (QED) is 0.0279. The van der Waals surface area contributed by atoms with E-state index in [1.54, 1.807) is 78.2 Å². The summed E-state index contributed by atoms with van der Waals surface area (Å²) in [7, 11) is 22.2. The molecular formula is C55H74N2O15+2. The van der Waals surface area contributed by atoms with Gasteiger partial charge in [-0.3, -0.25) is 0 Å². The number of quaternary nitrogens is 2. The van der Waals surface area contributed by atoms with E-state index in [0.29, 0.717) is 111 Å². The average Bonchev–Trinajstić information content (AvgIpc) is 3.40. The Bertz CT molecular complexity index is 2540. The summed E-state index contributed by atoms with van der Waals surface area (Å²) in [5.41, 5.74) is 6.33. The van der Waals surface area contributed by atoms with Crippen LogP contribution in [0.25, 0.3) is 0 Å². The molecule has 0 aliphatic carbocycles. The minimum Gasteiger partial charge on any atom is -0.493 e. The monoisotopic (exact) mass is 1000 g/mol. The smallest absolute Gasteiger partial charge is 0.331 e. The first-order valence-electron chi connectivity index (χ1n) is 24.1. The lowest BCUT2D eigenvalue weighted by atomic mass is 9.85. The number of hydrogen-bond acceptors (Lipinski definition) is 15. The molecule has 4 aromatic rings. The minimum atomic E-state index is -0.630. The van der Waals surface area contributed by atoms with Crippen LogP contribution in [0.15, 0.2) is 54.6 Å². The van der Waals surface area contributed by atoms with Crippen LogP contribution in [0.5, 0.6) is 63.2 Å². The molecule has 0 aromatic heterocycles. The van der Waals surface area contributed by atoms with Crippen molar-refractivity contribution in [2.24, 2.45) is 0 Å². The van der Waals surface area contributed by atoms with Gasteiger partial charge in [-0.15, -0.1) is 0 Å². The lowest BCUT2D eigenvalue weighted by Gasteiger charge is -2.46. The van der Waals surface area contributed by atoms with E-state index < -0.39 is 11.9 Å². The van der Waals surface area contributed by atoms with Crippen LogP contribution in [0.1, 0.15) is 58.3 Å². The third-order valence-electron chi connectivity index (χ3n) is 14.4. The molecule has 2 heterocycles. The largest absolute Gasteiger partial charge is 0.493 e. The Balaban J connectivity index is 1.10. The normalized spacial score (nSPS) is 19.0. The number of nitrogens with zero attached hydrogens (tertiary/aromatic N) is 2. The molecule has 0 fully saturated rings. The van der Waals surface area contributed by atoms with Crippen LogP contribution in [0.3, 0.4) is 0 Å². The third kappa shape index (κ3) is 11.6. The van der Waals surface area contributed by atoms with E-state index in [1.807, 2.05) is 42.5 Å². The number of ether oxygens (including phenoxy) is 13. The Hall–Kier alpha value is -6.72. The molecule has 0 bridgehead atoms. The molecule has 72 heavy (non-hydrogen) atoms. The number of hydrogen-bond donors (Lipinski definition) is 0. The fourth-order valence-corrected chi connectivity index (χ4v) is 10.6. The zero-order chi connectivity index (χ0) is 52.2. The maximum Gasteiger partial charge on any atom is 0.331 e. The topological polar surface area (TPSA) is 154 Å². The minimum absolute atomic E-state index is 0.0645. The van der Waals surface area contributed by atoms with E-state index in [2.05, 4.69) is 14.1 Å². The SMILES string of the molecule is COc1ccc(CC2c3c(cc(OC)c(OC)c3OC)CC[N+]2(C)CCCOC(=O)/C=C\C(=O)OCCC[N+]2(C)CCc3cc(OC)c(OC)c(OC)c3C2Cc2cc(OC)c(OC)c(OC)c2)cc1OC. The van der Waals surface area contributed by atoms with Gasteiger partial charge in [-0.1, -0.05) is 6.07 Å². The summed E-state index contributed by atoms with van der Waals surface area (Å²) < 4.78 is 76.0. The predicted molar refractivity (Wildman–Crippen MR) is 270 cm³/mol. The van der Waals surface area contributed by atoms with E-state index in [1.165, 1.54) is 0 Å². The fraction of sp³-hybridized carbons (Fsp3) is 0.491. The molecule has 2 aliphatic heterocycles. The highest BCUT2D eigenvalue weighted by Gasteiger charge is 2.44. The summed E-state index contributed by atoms with van der Waals surface area (Å²) in [5.74, 6) is 5.18. The number of carbonyl (C=O) groups excluding carboxylic acids is 2. The van der Waals surface area contributed by atoms with Crippen molar-refractivity contribution in [1.29, 1.82) is 0 Å². The maximum atomic E-state index is 13.0. The van der Waals surface area contributed by atoms with Crippen LogP contribution >= 0.6 is 0 Å². The summed E-state index contributed by atoms with van der Waals surface area (Å²) in [6, 6.07) is 13.8. The van der Waals surface area contributed by atoms with Crippen molar-refractivity contribution in [3.05, 3.63) is 88.0 Å². The van der Waals surface area contributed by atoms with E-state index in [9.17, 15) is 9.59 Å². The zero-order valence-corrected chi connectivity index (χ0v) is 44.4. The summed E-state index contributed by atoms with van der Waals surface area (Å²) in [6.07, 6.45) is 6.14. The van der Waals surface area contributed by atoms with Gasteiger partial charge in [-0.05, 0) is 58.7 Å². The van der Waals surface area contributed by atoms with E-state index in [4.69, 9.17) is 61.6 Å². The van der Waals surface area contributed by atoms with Crippen molar-refractivity contribution in [3.8, 4) is 63.2 Å². The van der Waals surface area contributed by atoms with Crippen LogP contribution in [-0.4, -0.2) is 153 Å². The standard InChI is InChI=1S/C55H74N2O15/c1-56(24-20-37-33-45(64-7)52(67-10)54(69-12)49(37)39(56)28-35-16-17-41(60-3)42(30-35)61-4)22-14-26-71-47(58)18-19-48(59)72-27-15-23-57(2)25-21-38-34-46(65-8)53(68-11)55(70-13)50(38)40(57)29-36-31-43(62-5)51(66-9)44(32-36)63-6/h16-19,30-34,39-40H,14-15,20-29H2,1-13H3/q+2/b19-18-. The van der Waals surface area contributed by atoms with Gasteiger partial charge in [0.05, 0.1) is 143 Å². The van der Waals surface area contributed by atoms with Gasteiger partial charge in [0.1, 0.15) is 12.1 Å². The van der Waals surface area contributed by atoms with Gasteiger partial charge in [-0.25, -0.2) is 9.59 Å². The van der Waals surface area contributed by atoms with Crippen molar-refractivity contribution < 1.29 is 80.1 Å². The van der Waals surface area contributed by atoms with Crippen molar-refractivity contribution >= 4 is 11.9 Å². The molecule has 0 spiro atoms. The molecule has 17 nitrogen and oxygen atoms in total. The number of methoxy groups -OCH3 is 11. The van der Waals surface area contributed by atoms with Gasteiger partial charge in [0, 0.05) is 50.7 Å². The second-order valence-electron chi connectivity index (χ2n) is 18.3. The van der Waals surface area contributed by atoms with Gasteiger partial charge in [-0.2, -0.15) is 0 Å². The first-order valence-corrected chi connectivity index (χ1v) is 24.1. The fourth-order valence-electron chi connectivity index (χ4n) is 10.6. The molecule has 0 amide bonds. The van der Waals surface area contributed by atoms with Gasteiger partial charge in [0.25, 0.3) is 0 Å². The number of carbonyl (C=O) groups is 2. The number of rotatable bonds is 25. The lowest BCUT2D eigenvalue weighted by Crippen LogP contribution is -2.53. The average molecular weight is 1000 g/mol. The highest BCUT2D eigenvalue weighted by molar-refractivity contribution is 5.91. The molecule has 6 rings (SSSR count). The second-order valence-corrected chi connectivity index (χ2v) is 18.3. The van der Waals surface area contributed by atoms with Crippen LogP contribution < -0.4 is 52.1 Å². The molecule has 392 valence electrons. The van der Waals surface area contributed by atoms with Crippen LogP contribution in [0, 0.1) is 0 Å². The van der Waals surface area contributed by atoms with Crippen LogP contribution in [0.2, 0.25) is 0 Å². The summed E-state index contributed by atoms with van der Waals surface area (Å²) in [6.45, 7) is 3.27. The number of benzene rings is 4. The highest BCUT2D eigenvalue weighted by Crippen LogP contribution is 2.52. The molecule has 0 N–H and O–H groups in total. The Morgan fingerprint density at radius 3 is 1.22 bits per heavy atom. The molecule has 4 atom stereocenters. The summed E-state index contributed by atoms with van der Waals surface area (Å²) in [4.78, 5) is 25.9. The van der Waals surface area contributed by atoms with Crippen molar-refractivity contribution in [2.75, 3.05) is 132 Å². The van der Waals surface area contributed by atoms with Crippen molar-refractivity contribution in [1.82, 2.24) is 0 Å². The van der Waals surface area contributed by atoms with Gasteiger partial charge >= 0.3 is 11.9 Å². The first-order chi connectivity index (χ1) is 34.7. The maximum absolute atomic E-state index is 13.0. The molecule has 0 saturated heterocycles. The Kier molecular flexibility index (Phi) is 18.7. The zero-order valence-electron chi connectivity index (χ0n) is 44.4. The molecule has 4 unspecified atom stereocenters. The molecule has 0 radical (unpaired) electrons.